The number of halogens is 3. The van der Waals surface area contributed by atoms with Crippen LogP contribution in [-0.4, -0.2) is 43.9 Å². The molecule has 1 N–H and O–H groups in total. The van der Waals surface area contributed by atoms with Crippen LogP contribution < -0.4 is 5.32 Å². The van der Waals surface area contributed by atoms with Crippen LogP contribution in [0.15, 0.2) is 30.3 Å². The molecule has 7 heteroatoms. The van der Waals surface area contributed by atoms with Crippen LogP contribution in [-0.2, 0) is 11.3 Å². The topological polar surface area (TPSA) is 41.6 Å². The van der Waals surface area contributed by atoms with Crippen molar-refractivity contribution in [2.75, 3.05) is 26.7 Å². The Balaban J connectivity index is 2.09. The second-order valence-corrected chi connectivity index (χ2v) is 4.70. The van der Waals surface area contributed by atoms with Crippen molar-refractivity contribution in [2.24, 2.45) is 0 Å². The maximum absolute atomic E-state index is 11.8. The van der Waals surface area contributed by atoms with Crippen LogP contribution in [0.1, 0.15) is 12.0 Å². The van der Waals surface area contributed by atoms with Gasteiger partial charge in [0, 0.05) is 13.1 Å². The molecule has 118 valence electrons. The Kier molecular flexibility index (Phi) is 7.01. The fraction of sp³-hybridized carbons (Fsp3) is 0.500. The van der Waals surface area contributed by atoms with Crippen molar-refractivity contribution in [3.8, 4) is 0 Å². The van der Waals surface area contributed by atoms with Crippen LogP contribution in [0.4, 0.5) is 18.0 Å². The maximum Gasteiger partial charge on any atom is 0.422 e. The molecule has 0 radical (unpaired) electrons. The van der Waals surface area contributed by atoms with E-state index < -0.39 is 18.9 Å². The van der Waals surface area contributed by atoms with Crippen LogP contribution in [0.2, 0.25) is 0 Å². The summed E-state index contributed by atoms with van der Waals surface area (Å²) in [5.74, 6) is 0. The van der Waals surface area contributed by atoms with E-state index in [2.05, 4.69) is 15.0 Å². The fourth-order valence-corrected chi connectivity index (χ4v) is 1.71. The van der Waals surface area contributed by atoms with E-state index in [0.717, 1.165) is 6.54 Å². The standard InChI is InChI=1S/C14H19F3N2O2/c1-19(10-12-6-3-2-4-7-12)9-5-8-18-13(20)21-11-14(15,16)17/h2-4,6-7H,5,8-11H2,1H3,(H,18,20). The van der Waals surface area contributed by atoms with Crippen LogP contribution in [0, 0.1) is 0 Å². The Labute approximate surface area is 121 Å². The molecule has 0 aliphatic heterocycles. The molecule has 0 aromatic heterocycles. The number of rotatable bonds is 7. The second-order valence-electron chi connectivity index (χ2n) is 4.70. The third-order valence-corrected chi connectivity index (χ3v) is 2.65. The Bertz CT molecular complexity index is 424. The van der Waals surface area contributed by atoms with Crippen molar-refractivity contribution in [1.29, 1.82) is 0 Å². The molecule has 1 aromatic carbocycles. The fourth-order valence-electron chi connectivity index (χ4n) is 1.71. The van der Waals surface area contributed by atoms with E-state index in [0.29, 0.717) is 13.0 Å². The molecular weight excluding hydrogens is 285 g/mol. The van der Waals surface area contributed by atoms with Crippen LogP contribution in [0.5, 0.6) is 0 Å². The summed E-state index contributed by atoms with van der Waals surface area (Å²) in [5, 5.41) is 2.29. The summed E-state index contributed by atoms with van der Waals surface area (Å²) in [6.45, 7) is 0.205. The SMILES string of the molecule is CN(CCCNC(=O)OCC(F)(F)F)Cc1ccccc1. The van der Waals surface area contributed by atoms with Crippen molar-refractivity contribution < 1.29 is 22.7 Å². The normalized spacial score (nSPS) is 11.5. The van der Waals surface area contributed by atoms with E-state index in [-0.39, 0.29) is 6.54 Å². The molecular formula is C14H19F3N2O2. The zero-order valence-electron chi connectivity index (χ0n) is 11.8. The largest absolute Gasteiger partial charge is 0.440 e. The van der Waals surface area contributed by atoms with E-state index in [4.69, 9.17) is 0 Å². The van der Waals surface area contributed by atoms with Gasteiger partial charge in [0.05, 0.1) is 0 Å². The van der Waals surface area contributed by atoms with Crippen LogP contribution in [0.3, 0.4) is 0 Å². The highest BCUT2D eigenvalue weighted by Crippen LogP contribution is 2.14. The lowest BCUT2D eigenvalue weighted by atomic mass is 10.2. The van der Waals surface area contributed by atoms with Gasteiger partial charge in [-0.1, -0.05) is 30.3 Å². The maximum atomic E-state index is 11.8. The minimum absolute atomic E-state index is 0.274. The molecule has 0 saturated heterocycles. The smallest absolute Gasteiger partial charge is 0.422 e. The second kappa shape index (κ2) is 8.51. The van der Waals surface area contributed by atoms with Gasteiger partial charge in [0.1, 0.15) is 0 Å². The Morgan fingerprint density at radius 1 is 1.29 bits per heavy atom. The van der Waals surface area contributed by atoms with E-state index in [1.165, 1.54) is 5.56 Å². The zero-order valence-corrected chi connectivity index (χ0v) is 11.8. The minimum atomic E-state index is -4.49. The van der Waals surface area contributed by atoms with E-state index in [1.807, 2.05) is 37.4 Å². The van der Waals surface area contributed by atoms with Crippen molar-refractivity contribution in [3.05, 3.63) is 35.9 Å². The first-order valence-electron chi connectivity index (χ1n) is 6.56. The van der Waals surface area contributed by atoms with Crippen molar-refractivity contribution >= 4 is 6.09 Å². The summed E-state index contributed by atoms with van der Waals surface area (Å²) >= 11 is 0. The molecule has 0 aliphatic rings. The average Bonchev–Trinajstić information content (AvgIpc) is 2.42. The molecule has 0 bridgehead atoms. The van der Waals surface area contributed by atoms with E-state index in [1.54, 1.807) is 0 Å². The number of carbonyl (C=O) groups is 1. The highest BCUT2D eigenvalue weighted by molar-refractivity contribution is 5.67. The lowest BCUT2D eigenvalue weighted by Crippen LogP contribution is -2.31. The highest BCUT2D eigenvalue weighted by Gasteiger charge is 2.29. The number of hydrogen-bond acceptors (Lipinski definition) is 3. The molecule has 1 aromatic rings. The van der Waals surface area contributed by atoms with Gasteiger partial charge in [-0.15, -0.1) is 0 Å². The number of nitrogens with one attached hydrogen (secondary N) is 1. The number of ether oxygens (including phenoxy) is 1. The van der Waals surface area contributed by atoms with Gasteiger partial charge in [0.15, 0.2) is 6.61 Å². The molecule has 0 unspecified atom stereocenters. The number of nitrogens with zero attached hydrogens (tertiary/aromatic N) is 1. The summed E-state index contributed by atoms with van der Waals surface area (Å²) < 4.78 is 39.4. The highest BCUT2D eigenvalue weighted by atomic mass is 19.4. The summed E-state index contributed by atoms with van der Waals surface area (Å²) in [7, 11) is 1.94. The third kappa shape index (κ3) is 8.91. The summed E-state index contributed by atoms with van der Waals surface area (Å²) in [6, 6.07) is 9.90. The van der Waals surface area contributed by atoms with Gasteiger partial charge in [-0.2, -0.15) is 13.2 Å². The Hall–Kier alpha value is -1.76. The number of alkyl halides is 3. The van der Waals surface area contributed by atoms with Crippen molar-refractivity contribution in [2.45, 2.75) is 19.1 Å². The minimum Gasteiger partial charge on any atom is -0.440 e. The van der Waals surface area contributed by atoms with Gasteiger partial charge < -0.3 is 15.0 Å². The number of hydrogen-bond donors (Lipinski definition) is 1. The van der Waals surface area contributed by atoms with Crippen molar-refractivity contribution in [3.63, 3.8) is 0 Å². The quantitative estimate of drug-likeness (QED) is 0.788. The summed E-state index contributed by atoms with van der Waals surface area (Å²) in [6.07, 6.45) is -4.91. The average molecular weight is 304 g/mol. The zero-order chi connectivity index (χ0) is 15.7. The number of alkyl carbamates (subject to hydrolysis) is 1. The molecule has 21 heavy (non-hydrogen) atoms. The lowest BCUT2D eigenvalue weighted by Gasteiger charge is -2.16. The Morgan fingerprint density at radius 3 is 2.57 bits per heavy atom. The number of carbonyl (C=O) groups excluding carboxylic acids is 1. The monoisotopic (exact) mass is 304 g/mol. The molecule has 1 rings (SSSR count). The molecule has 4 nitrogen and oxygen atoms in total. The van der Waals surface area contributed by atoms with Gasteiger partial charge in [0.25, 0.3) is 0 Å². The molecule has 0 aliphatic carbocycles. The Morgan fingerprint density at radius 2 is 1.95 bits per heavy atom. The van der Waals surface area contributed by atoms with Gasteiger partial charge in [-0.25, -0.2) is 4.79 Å². The van der Waals surface area contributed by atoms with Crippen molar-refractivity contribution in [1.82, 2.24) is 10.2 Å². The molecule has 0 saturated carbocycles. The summed E-state index contributed by atoms with van der Waals surface area (Å²) in [5.41, 5.74) is 1.18. The summed E-state index contributed by atoms with van der Waals surface area (Å²) in [4.78, 5) is 13.0. The first kappa shape index (κ1) is 17.3. The van der Waals surface area contributed by atoms with Crippen LogP contribution >= 0.6 is 0 Å². The molecule has 0 spiro atoms. The third-order valence-electron chi connectivity index (χ3n) is 2.65. The molecule has 1 amide bonds. The first-order chi connectivity index (χ1) is 9.87. The van der Waals surface area contributed by atoms with Gasteiger partial charge in [-0.05, 0) is 25.6 Å². The predicted molar refractivity (Wildman–Crippen MR) is 72.8 cm³/mol. The lowest BCUT2D eigenvalue weighted by molar-refractivity contribution is -0.160. The molecule has 0 atom stereocenters. The molecule has 0 fully saturated rings. The van der Waals surface area contributed by atoms with Crippen LogP contribution in [0.25, 0.3) is 0 Å². The van der Waals surface area contributed by atoms with E-state index >= 15 is 0 Å². The van der Waals surface area contributed by atoms with E-state index in [9.17, 15) is 18.0 Å². The number of benzene rings is 1. The number of amides is 1. The molecule has 0 heterocycles. The van der Waals surface area contributed by atoms with Gasteiger partial charge in [0.2, 0.25) is 0 Å². The van der Waals surface area contributed by atoms with Gasteiger partial charge in [-0.3, -0.25) is 0 Å². The van der Waals surface area contributed by atoms with Gasteiger partial charge >= 0.3 is 12.3 Å². The first-order valence-corrected chi connectivity index (χ1v) is 6.56. The predicted octanol–water partition coefficient (Wildman–Crippen LogP) is 2.80.